The molecule has 0 saturated heterocycles. The van der Waals surface area contributed by atoms with Crippen LogP contribution in [0.25, 0.3) is 0 Å². The maximum Gasteiger partial charge on any atom is 0.174 e. The van der Waals surface area contributed by atoms with E-state index in [4.69, 9.17) is 0 Å². The van der Waals surface area contributed by atoms with Crippen LogP contribution in [0, 0.1) is 12.8 Å². The van der Waals surface area contributed by atoms with Crippen molar-refractivity contribution in [3.63, 3.8) is 0 Å². The minimum atomic E-state index is -0.715. The van der Waals surface area contributed by atoms with E-state index in [-0.39, 0.29) is 11.6 Å². The van der Waals surface area contributed by atoms with Gasteiger partial charge in [0, 0.05) is 11.1 Å². The van der Waals surface area contributed by atoms with Gasteiger partial charge < -0.3 is 0 Å². The highest BCUT2D eigenvalue weighted by Crippen LogP contribution is 2.20. The van der Waals surface area contributed by atoms with Gasteiger partial charge in [-0.15, -0.1) is 0 Å². The zero-order valence-corrected chi connectivity index (χ0v) is 14.2. The summed E-state index contributed by atoms with van der Waals surface area (Å²) in [6.07, 6.45) is 0.404. The average Bonchev–Trinajstić information content (AvgIpc) is 2.68. The summed E-state index contributed by atoms with van der Waals surface area (Å²) >= 11 is 0. The Morgan fingerprint density at radius 1 is 0.680 bits per heavy atom. The number of benzene rings is 3. The molecule has 0 bridgehead atoms. The highest BCUT2D eigenvalue weighted by molar-refractivity contribution is 6.16. The van der Waals surface area contributed by atoms with Gasteiger partial charge >= 0.3 is 0 Å². The Balaban J connectivity index is 1.94. The number of hydrogen-bond donors (Lipinski definition) is 0. The van der Waals surface area contributed by atoms with Crippen LogP contribution < -0.4 is 0 Å². The minimum Gasteiger partial charge on any atom is -0.293 e. The van der Waals surface area contributed by atoms with E-state index in [2.05, 4.69) is 0 Å². The van der Waals surface area contributed by atoms with Crippen LogP contribution in [0.4, 0.5) is 0 Å². The molecule has 25 heavy (non-hydrogen) atoms. The predicted molar refractivity (Wildman–Crippen MR) is 99.9 cm³/mol. The zero-order chi connectivity index (χ0) is 17.6. The molecule has 0 amide bonds. The quantitative estimate of drug-likeness (QED) is 0.475. The third kappa shape index (κ3) is 4.10. The average molecular weight is 328 g/mol. The van der Waals surface area contributed by atoms with E-state index in [1.807, 2.05) is 67.6 Å². The summed E-state index contributed by atoms with van der Waals surface area (Å²) in [5.74, 6) is -0.974. The molecule has 0 aliphatic heterocycles. The summed E-state index contributed by atoms with van der Waals surface area (Å²) in [5, 5.41) is 0. The third-order valence-corrected chi connectivity index (χ3v) is 4.31. The summed E-state index contributed by atoms with van der Waals surface area (Å²) in [5.41, 5.74) is 3.29. The maximum absolute atomic E-state index is 13.0. The van der Waals surface area contributed by atoms with Crippen LogP contribution in [0.15, 0.2) is 84.9 Å². The van der Waals surface area contributed by atoms with Crippen molar-refractivity contribution >= 4 is 11.6 Å². The van der Waals surface area contributed by atoms with Crippen molar-refractivity contribution < 1.29 is 9.59 Å². The molecule has 0 radical (unpaired) electrons. The van der Waals surface area contributed by atoms with Gasteiger partial charge in [0.1, 0.15) is 0 Å². The Morgan fingerprint density at radius 3 is 1.56 bits per heavy atom. The second kappa shape index (κ2) is 7.71. The molecule has 0 fully saturated rings. The molecule has 3 aromatic carbocycles. The number of rotatable bonds is 6. The van der Waals surface area contributed by atoms with Crippen molar-refractivity contribution in [1.29, 1.82) is 0 Å². The lowest BCUT2D eigenvalue weighted by atomic mass is 9.85. The molecule has 0 N–H and O–H groups in total. The molecule has 0 aliphatic carbocycles. The zero-order valence-electron chi connectivity index (χ0n) is 14.2. The van der Waals surface area contributed by atoms with Crippen molar-refractivity contribution in [2.75, 3.05) is 0 Å². The van der Waals surface area contributed by atoms with E-state index in [1.165, 1.54) is 0 Å². The van der Waals surface area contributed by atoms with Crippen LogP contribution in [0.1, 0.15) is 31.8 Å². The van der Waals surface area contributed by atoms with Crippen molar-refractivity contribution in [2.45, 2.75) is 13.3 Å². The molecule has 0 atom stereocenters. The number of carbonyl (C=O) groups is 2. The van der Waals surface area contributed by atoms with Crippen molar-refractivity contribution in [3.05, 3.63) is 107 Å². The number of hydrogen-bond acceptors (Lipinski definition) is 2. The van der Waals surface area contributed by atoms with Gasteiger partial charge in [0.15, 0.2) is 11.6 Å². The summed E-state index contributed by atoms with van der Waals surface area (Å²) < 4.78 is 0. The molecule has 2 nitrogen and oxygen atoms in total. The first-order chi connectivity index (χ1) is 12.1. The fourth-order valence-electron chi connectivity index (χ4n) is 2.87. The van der Waals surface area contributed by atoms with Crippen molar-refractivity contribution in [2.24, 2.45) is 5.92 Å². The van der Waals surface area contributed by atoms with Gasteiger partial charge in [0.05, 0.1) is 5.92 Å². The van der Waals surface area contributed by atoms with Crippen molar-refractivity contribution in [3.8, 4) is 0 Å². The topological polar surface area (TPSA) is 34.1 Å². The molecule has 3 rings (SSSR count). The molecule has 0 aliphatic rings. The largest absolute Gasteiger partial charge is 0.293 e. The lowest BCUT2D eigenvalue weighted by Gasteiger charge is -2.15. The molecule has 124 valence electrons. The van der Waals surface area contributed by atoms with E-state index in [0.29, 0.717) is 17.5 Å². The smallest absolute Gasteiger partial charge is 0.174 e. The fraction of sp³-hybridized carbons (Fsp3) is 0.130. The van der Waals surface area contributed by atoms with E-state index in [0.717, 1.165) is 11.1 Å². The first kappa shape index (κ1) is 16.8. The number of aryl methyl sites for hydroxylation is 1. The van der Waals surface area contributed by atoms with E-state index >= 15 is 0 Å². The molecule has 0 spiro atoms. The van der Waals surface area contributed by atoms with E-state index in [9.17, 15) is 9.59 Å². The Kier molecular flexibility index (Phi) is 5.20. The number of carbonyl (C=O) groups excluding carboxylic acids is 2. The van der Waals surface area contributed by atoms with Gasteiger partial charge in [-0.2, -0.15) is 0 Å². The molecule has 0 saturated carbocycles. The summed E-state index contributed by atoms with van der Waals surface area (Å²) in [4.78, 5) is 26.0. The Morgan fingerprint density at radius 2 is 1.12 bits per heavy atom. The molecule has 0 heterocycles. The number of ketones is 2. The van der Waals surface area contributed by atoms with Crippen LogP contribution >= 0.6 is 0 Å². The molecule has 2 heteroatoms. The third-order valence-electron chi connectivity index (χ3n) is 4.31. The van der Waals surface area contributed by atoms with Crippen LogP contribution in [-0.2, 0) is 6.42 Å². The van der Waals surface area contributed by atoms with E-state index < -0.39 is 5.92 Å². The van der Waals surface area contributed by atoms with Crippen LogP contribution in [0.3, 0.4) is 0 Å². The highest BCUT2D eigenvalue weighted by atomic mass is 16.2. The van der Waals surface area contributed by atoms with Crippen LogP contribution in [0.2, 0.25) is 0 Å². The molecule has 0 aromatic heterocycles. The van der Waals surface area contributed by atoms with Gasteiger partial charge in [0.25, 0.3) is 0 Å². The fourth-order valence-corrected chi connectivity index (χ4v) is 2.87. The normalized spacial score (nSPS) is 10.6. The van der Waals surface area contributed by atoms with Gasteiger partial charge in [-0.1, -0.05) is 90.5 Å². The summed E-state index contributed by atoms with van der Waals surface area (Å²) in [6.45, 7) is 2.02. The molecule has 0 unspecified atom stereocenters. The lowest BCUT2D eigenvalue weighted by Crippen LogP contribution is -2.26. The van der Waals surface area contributed by atoms with Gasteiger partial charge in [0.2, 0.25) is 0 Å². The monoisotopic (exact) mass is 328 g/mol. The summed E-state index contributed by atoms with van der Waals surface area (Å²) in [7, 11) is 0. The minimum absolute atomic E-state index is 0.130. The Bertz CT molecular complexity index is 798. The predicted octanol–water partition coefficient (Wildman–Crippen LogP) is 4.92. The maximum atomic E-state index is 13.0. The molecular weight excluding hydrogens is 308 g/mol. The van der Waals surface area contributed by atoms with Gasteiger partial charge in [-0.25, -0.2) is 0 Å². The summed E-state index contributed by atoms with van der Waals surface area (Å²) in [6, 6.07) is 26.1. The first-order valence-corrected chi connectivity index (χ1v) is 8.39. The SMILES string of the molecule is Cc1ccc(CC(C(=O)c2ccccc2)C(=O)c2ccccc2)cc1. The number of Topliss-reactive ketones (excluding diaryl/α,β-unsaturated/α-hetero) is 2. The van der Waals surface area contributed by atoms with Crippen LogP contribution in [0.5, 0.6) is 0 Å². The standard InChI is InChI=1S/C23H20O2/c1-17-12-14-18(15-13-17)16-21(22(24)19-8-4-2-5-9-19)23(25)20-10-6-3-7-11-20/h2-15,21H,16H2,1H3. The van der Waals surface area contributed by atoms with Crippen LogP contribution in [-0.4, -0.2) is 11.6 Å². The Hall–Kier alpha value is -3.00. The van der Waals surface area contributed by atoms with Gasteiger partial charge in [-0.3, -0.25) is 9.59 Å². The Labute approximate surface area is 148 Å². The lowest BCUT2D eigenvalue weighted by molar-refractivity contribution is 0.0806. The second-order valence-electron chi connectivity index (χ2n) is 6.20. The first-order valence-electron chi connectivity index (χ1n) is 8.39. The molecule has 3 aromatic rings. The van der Waals surface area contributed by atoms with Gasteiger partial charge in [-0.05, 0) is 18.9 Å². The van der Waals surface area contributed by atoms with E-state index in [1.54, 1.807) is 24.3 Å². The second-order valence-corrected chi connectivity index (χ2v) is 6.20. The highest BCUT2D eigenvalue weighted by Gasteiger charge is 2.28. The van der Waals surface area contributed by atoms with Crippen molar-refractivity contribution in [1.82, 2.24) is 0 Å². The molecular formula is C23H20O2.